The lowest BCUT2D eigenvalue weighted by Crippen LogP contribution is -2.16. The summed E-state index contributed by atoms with van der Waals surface area (Å²) in [5.41, 5.74) is 24.9. The van der Waals surface area contributed by atoms with Crippen LogP contribution >= 0.6 is 0 Å². The zero-order valence-corrected chi connectivity index (χ0v) is 43.5. The molecular formula is C75H53N3. The van der Waals surface area contributed by atoms with Gasteiger partial charge in [-0.1, -0.05) is 196 Å². The average Bonchev–Trinajstić information content (AvgIpc) is 4.28. The van der Waals surface area contributed by atoms with Crippen molar-refractivity contribution in [3.05, 3.63) is 296 Å². The van der Waals surface area contributed by atoms with Gasteiger partial charge in [0.15, 0.2) is 0 Å². The molecular weight excluding hydrogens is 943 g/mol. The fourth-order valence-electron chi connectivity index (χ4n) is 12.7. The van der Waals surface area contributed by atoms with E-state index in [2.05, 4.69) is 313 Å². The van der Waals surface area contributed by atoms with Crippen LogP contribution in [-0.2, 0) is 5.41 Å². The summed E-state index contributed by atoms with van der Waals surface area (Å²) in [7, 11) is 0. The van der Waals surface area contributed by atoms with Gasteiger partial charge in [0.1, 0.15) is 0 Å². The van der Waals surface area contributed by atoms with Gasteiger partial charge < -0.3 is 14.0 Å². The molecule has 0 fully saturated rings. The highest BCUT2D eigenvalue weighted by molar-refractivity contribution is 6.12. The van der Waals surface area contributed by atoms with Gasteiger partial charge in [0, 0.05) is 55.4 Å². The van der Waals surface area contributed by atoms with Crippen LogP contribution in [0.3, 0.4) is 0 Å². The smallest absolute Gasteiger partial charge is 0.0547 e. The summed E-state index contributed by atoms with van der Waals surface area (Å²) in [5, 5.41) is 4.96. The largest absolute Gasteiger partial charge is 0.310 e. The molecule has 78 heavy (non-hydrogen) atoms. The maximum absolute atomic E-state index is 2.42. The molecule has 0 aliphatic heterocycles. The third kappa shape index (κ3) is 7.42. The Kier molecular flexibility index (Phi) is 10.6. The summed E-state index contributed by atoms with van der Waals surface area (Å²) in [6, 6.07) is 105. The Balaban J connectivity index is 0.896. The van der Waals surface area contributed by atoms with E-state index in [-0.39, 0.29) is 5.41 Å². The second kappa shape index (κ2) is 18.1. The molecule has 0 saturated carbocycles. The monoisotopic (exact) mass is 995 g/mol. The Hall–Kier alpha value is -9.96. The first-order valence-electron chi connectivity index (χ1n) is 27.1. The Labute approximate surface area is 454 Å². The van der Waals surface area contributed by atoms with E-state index in [4.69, 9.17) is 0 Å². The molecule has 3 heteroatoms. The van der Waals surface area contributed by atoms with Gasteiger partial charge in [-0.15, -0.1) is 0 Å². The van der Waals surface area contributed by atoms with Crippen LogP contribution in [0.2, 0.25) is 0 Å². The van der Waals surface area contributed by atoms with Crippen molar-refractivity contribution in [2.45, 2.75) is 19.3 Å². The lowest BCUT2D eigenvalue weighted by atomic mass is 9.82. The molecule has 0 N–H and O–H groups in total. The van der Waals surface area contributed by atoms with Gasteiger partial charge >= 0.3 is 0 Å². The van der Waals surface area contributed by atoms with Crippen LogP contribution in [-0.4, -0.2) is 9.13 Å². The Morgan fingerprint density at radius 3 is 1.18 bits per heavy atom. The molecule has 12 aromatic carbocycles. The minimum Gasteiger partial charge on any atom is -0.310 e. The van der Waals surface area contributed by atoms with Crippen LogP contribution in [0.1, 0.15) is 25.0 Å². The van der Waals surface area contributed by atoms with Crippen molar-refractivity contribution in [2.75, 3.05) is 4.90 Å². The molecule has 1 aliphatic carbocycles. The Morgan fingerprint density at radius 2 is 0.641 bits per heavy atom. The average molecular weight is 996 g/mol. The van der Waals surface area contributed by atoms with Gasteiger partial charge in [-0.25, -0.2) is 0 Å². The van der Waals surface area contributed by atoms with Crippen molar-refractivity contribution in [3.63, 3.8) is 0 Å². The van der Waals surface area contributed by atoms with Gasteiger partial charge in [-0.05, 0) is 170 Å². The van der Waals surface area contributed by atoms with Crippen molar-refractivity contribution in [2.24, 2.45) is 0 Å². The molecule has 2 heterocycles. The molecule has 0 unspecified atom stereocenters. The van der Waals surface area contributed by atoms with Crippen LogP contribution in [0.25, 0.3) is 111 Å². The molecule has 0 amide bonds. The number of nitrogens with zero attached hydrogens (tertiary/aromatic N) is 3. The van der Waals surface area contributed by atoms with Crippen LogP contribution < -0.4 is 4.90 Å². The maximum atomic E-state index is 2.42. The minimum absolute atomic E-state index is 0.136. The quantitative estimate of drug-likeness (QED) is 0.140. The highest BCUT2D eigenvalue weighted by Crippen LogP contribution is 2.51. The van der Waals surface area contributed by atoms with Crippen molar-refractivity contribution < 1.29 is 0 Å². The van der Waals surface area contributed by atoms with E-state index < -0.39 is 0 Å². The van der Waals surface area contributed by atoms with E-state index in [1.54, 1.807) is 0 Å². The van der Waals surface area contributed by atoms with Gasteiger partial charge in [0.05, 0.1) is 22.1 Å². The topological polar surface area (TPSA) is 13.1 Å². The van der Waals surface area contributed by atoms with E-state index >= 15 is 0 Å². The fraction of sp³-hybridized carbons (Fsp3) is 0.0400. The zero-order valence-electron chi connectivity index (χ0n) is 43.5. The number of rotatable bonds is 9. The van der Waals surface area contributed by atoms with Crippen LogP contribution in [0.5, 0.6) is 0 Å². The predicted molar refractivity (Wildman–Crippen MR) is 329 cm³/mol. The van der Waals surface area contributed by atoms with E-state index in [0.717, 1.165) is 61.8 Å². The summed E-state index contributed by atoms with van der Waals surface area (Å²) in [6.45, 7) is 4.72. The number of fused-ring (bicyclic) bond motifs is 9. The lowest BCUT2D eigenvalue weighted by molar-refractivity contribution is 0.660. The third-order valence-corrected chi connectivity index (χ3v) is 16.5. The normalized spacial score (nSPS) is 12.6. The number of hydrogen-bond acceptors (Lipinski definition) is 1. The highest BCUT2D eigenvalue weighted by Gasteiger charge is 2.36. The number of aromatic nitrogens is 2. The molecule has 0 saturated heterocycles. The summed E-state index contributed by atoms with van der Waals surface area (Å²) in [6.07, 6.45) is 0. The second-order valence-electron chi connectivity index (χ2n) is 21.3. The van der Waals surface area contributed by atoms with E-state index in [0.29, 0.717) is 0 Å². The lowest BCUT2D eigenvalue weighted by Gasteiger charge is -2.28. The standard InChI is InChI=1S/C75H53N3/c1-75(2)69-27-15-12-24-63(69)64-43-40-62(49-70(64)75)76(60-36-30-51(31-37-60)50-18-6-3-7-19-50)61-38-32-52(33-39-61)55-44-56(53-34-41-67-65-25-13-16-28-71(65)77(73(67)47-53)58-20-8-4-9-21-58)46-57(45-55)54-35-42-68-66-26-14-17-29-72(66)78(74(68)48-54)59-22-10-5-11-23-59/h3-49H,1-2H3. The number of hydrogen-bond donors (Lipinski definition) is 0. The van der Waals surface area contributed by atoms with Crippen LogP contribution in [0.15, 0.2) is 285 Å². The number of benzene rings is 12. The Bertz CT molecular complexity index is 4430. The number of anilines is 3. The number of para-hydroxylation sites is 4. The zero-order chi connectivity index (χ0) is 51.9. The molecule has 1 aliphatic rings. The fourth-order valence-corrected chi connectivity index (χ4v) is 12.7. The molecule has 0 bridgehead atoms. The van der Waals surface area contributed by atoms with Crippen molar-refractivity contribution in [1.82, 2.24) is 9.13 Å². The van der Waals surface area contributed by atoms with Crippen molar-refractivity contribution in [1.29, 1.82) is 0 Å². The molecule has 14 aromatic rings. The Morgan fingerprint density at radius 1 is 0.256 bits per heavy atom. The SMILES string of the molecule is CC1(C)c2ccccc2-c2ccc(N(c3ccc(-c4ccccc4)cc3)c3ccc(-c4cc(-c5ccc6c7ccccc7n(-c7ccccc7)c6c5)cc(-c5ccc6c7ccccc7n(-c7ccccc7)c6c5)c4)cc3)cc21. The predicted octanol–water partition coefficient (Wildman–Crippen LogP) is 20.3. The van der Waals surface area contributed by atoms with Gasteiger partial charge in [-0.2, -0.15) is 0 Å². The molecule has 0 radical (unpaired) electrons. The molecule has 3 nitrogen and oxygen atoms in total. The molecule has 0 spiro atoms. The third-order valence-electron chi connectivity index (χ3n) is 16.5. The summed E-state index contributed by atoms with van der Waals surface area (Å²) in [5.74, 6) is 0. The van der Waals surface area contributed by atoms with Crippen molar-refractivity contribution in [3.8, 4) is 67.0 Å². The van der Waals surface area contributed by atoms with Gasteiger partial charge in [0.25, 0.3) is 0 Å². The first-order chi connectivity index (χ1) is 38.4. The van der Waals surface area contributed by atoms with E-state index in [9.17, 15) is 0 Å². The first-order valence-corrected chi connectivity index (χ1v) is 27.1. The minimum atomic E-state index is -0.136. The van der Waals surface area contributed by atoms with Crippen LogP contribution in [0, 0.1) is 0 Å². The molecule has 15 rings (SSSR count). The summed E-state index contributed by atoms with van der Waals surface area (Å²) >= 11 is 0. The van der Waals surface area contributed by atoms with Gasteiger partial charge in [0.2, 0.25) is 0 Å². The molecule has 368 valence electrons. The summed E-state index contributed by atoms with van der Waals surface area (Å²) in [4.78, 5) is 2.42. The van der Waals surface area contributed by atoms with Crippen molar-refractivity contribution >= 4 is 60.7 Å². The first kappa shape index (κ1) is 45.4. The molecule has 0 atom stereocenters. The van der Waals surface area contributed by atoms with E-state index in [1.807, 2.05) is 0 Å². The van der Waals surface area contributed by atoms with Gasteiger partial charge in [-0.3, -0.25) is 0 Å². The maximum Gasteiger partial charge on any atom is 0.0547 e. The molecule has 2 aromatic heterocycles. The second-order valence-corrected chi connectivity index (χ2v) is 21.3. The summed E-state index contributed by atoms with van der Waals surface area (Å²) < 4.78 is 4.82. The van der Waals surface area contributed by atoms with E-state index in [1.165, 1.54) is 77.0 Å². The highest BCUT2D eigenvalue weighted by atomic mass is 15.1. The van der Waals surface area contributed by atoms with Crippen LogP contribution in [0.4, 0.5) is 17.1 Å².